The first-order valence-corrected chi connectivity index (χ1v) is 7.53. The SMILES string of the molecule is CC(C)=c1c(C2=CC=CC2)ccc2c1=Cc1ccccc1-2. The minimum absolute atomic E-state index is 1.05. The number of hydrogen-bond donors (Lipinski definition) is 0. The molecule has 0 aromatic heterocycles. The standard InChI is InChI=1S/C21H18/c1-14(2)21-18(15-7-3-4-8-15)11-12-19-17-10-6-5-9-16(17)13-20(19)21/h3-7,9-13H,8H2,1-2H3. The van der Waals surface area contributed by atoms with Crippen molar-refractivity contribution in [1.29, 1.82) is 0 Å². The van der Waals surface area contributed by atoms with Crippen LogP contribution >= 0.6 is 0 Å². The molecule has 0 saturated carbocycles. The lowest BCUT2D eigenvalue weighted by Crippen LogP contribution is -2.30. The van der Waals surface area contributed by atoms with E-state index in [1.54, 1.807) is 0 Å². The Morgan fingerprint density at radius 3 is 2.48 bits per heavy atom. The summed E-state index contributed by atoms with van der Waals surface area (Å²) in [4.78, 5) is 0. The van der Waals surface area contributed by atoms with Gasteiger partial charge in [-0.25, -0.2) is 0 Å². The molecule has 0 heteroatoms. The van der Waals surface area contributed by atoms with Crippen LogP contribution in [0.4, 0.5) is 0 Å². The first-order chi connectivity index (χ1) is 10.3. The van der Waals surface area contributed by atoms with Gasteiger partial charge in [0.25, 0.3) is 0 Å². The summed E-state index contributed by atoms with van der Waals surface area (Å²) >= 11 is 0. The first kappa shape index (κ1) is 12.4. The molecule has 0 bridgehead atoms. The van der Waals surface area contributed by atoms with Gasteiger partial charge in [0.2, 0.25) is 0 Å². The molecule has 0 heterocycles. The molecule has 0 unspecified atom stereocenters. The van der Waals surface area contributed by atoms with E-state index in [1.807, 2.05) is 0 Å². The monoisotopic (exact) mass is 270 g/mol. The van der Waals surface area contributed by atoms with Crippen LogP contribution in [-0.4, -0.2) is 0 Å². The molecular formula is C21H18. The Balaban J connectivity index is 2.09. The molecule has 0 N–H and O–H groups in total. The highest BCUT2D eigenvalue weighted by Gasteiger charge is 2.15. The van der Waals surface area contributed by atoms with Gasteiger partial charge in [0.1, 0.15) is 0 Å². The quantitative estimate of drug-likeness (QED) is 0.626. The molecule has 21 heavy (non-hydrogen) atoms. The van der Waals surface area contributed by atoms with Gasteiger partial charge in [0, 0.05) is 0 Å². The van der Waals surface area contributed by atoms with Gasteiger partial charge in [-0.2, -0.15) is 0 Å². The van der Waals surface area contributed by atoms with Crippen molar-refractivity contribution in [3.63, 3.8) is 0 Å². The third-order valence-corrected chi connectivity index (χ3v) is 4.41. The molecule has 0 fully saturated rings. The van der Waals surface area contributed by atoms with Crippen molar-refractivity contribution < 1.29 is 0 Å². The lowest BCUT2D eigenvalue weighted by atomic mass is 9.95. The molecule has 0 nitrogen and oxygen atoms in total. The van der Waals surface area contributed by atoms with E-state index in [4.69, 9.17) is 0 Å². The Labute approximate surface area is 125 Å². The van der Waals surface area contributed by atoms with E-state index in [9.17, 15) is 0 Å². The first-order valence-electron chi connectivity index (χ1n) is 7.53. The molecule has 0 amide bonds. The zero-order valence-corrected chi connectivity index (χ0v) is 12.5. The molecule has 0 atom stereocenters. The van der Waals surface area contributed by atoms with E-state index in [0.717, 1.165) is 6.42 Å². The van der Waals surface area contributed by atoms with Gasteiger partial charge in [-0.05, 0) is 64.6 Å². The molecule has 0 spiro atoms. The van der Waals surface area contributed by atoms with E-state index >= 15 is 0 Å². The number of fused-ring (bicyclic) bond motifs is 3. The van der Waals surface area contributed by atoms with Crippen molar-refractivity contribution in [1.82, 2.24) is 0 Å². The van der Waals surface area contributed by atoms with E-state index in [2.05, 4.69) is 74.5 Å². The fourth-order valence-electron chi connectivity index (χ4n) is 3.48. The van der Waals surface area contributed by atoms with Crippen LogP contribution in [0.25, 0.3) is 28.3 Å². The Hall–Kier alpha value is -2.34. The highest BCUT2D eigenvalue weighted by molar-refractivity contribution is 5.85. The molecule has 0 aliphatic heterocycles. The predicted molar refractivity (Wildman–Crippen MR) is 91.2 cm³/mol. The smallest absolute Gasteiger partial charge is 0.00882 e. The fraction of sp³-hybridized carbons (Fsp3) is 0.143. The number of rotatable bonds is 1. The summed E-state index contributed by atoms with van der Waals surface area (Å²) < 4.78 is 0. The largest absolute Gasteiger partial charge is 0.0801 e. The predicted octanol–water partition coefficient (Wildman–Crippen LogP) is 4.03. The average Bonchev–Trinajstić information content (AvgIpc) is 3.13. The van der Waals surface area contributed by atoms with Crippen molar-refractivity contribution in [2.45, 2.75) is 20.3 Å². The minimum Gasteiger partial charge on any atom is -0.0801 e. The van der Waals surface area contributed by atoms with E-state index in [0.29, 0.717) is 0 Å². The van der Waals surface area contributed by atoms with Crippen LogP contribution < -0.4 is 10.4 Å². The molecule has 0 radical (unpaired) electrons. The fourth-order valence-corrected chi connectivity index (χ4v) is 3.48. The molecule has 2 aromatic carbocycles. The molecule has 2 aliphatic rings. The number of benzene rings is 2. The normalized spacial score (nSPS) is 14.5. The van der Waals surface area contributed by atoms with E-state index in [-0.39, 0.29) is 0 Å². The maximum Gasteiger partial charge on any atom is -0.00882 e. The van der Waals surface area contributed by atoms with Gasteiger partial charge in [-0.15, -0.1) is 0 Å². The van der Waals surface area contributed by atoms with Crippen molar-refractivity contribution in [2.24, 2.45) is 0 Å². The van der Waals surface area contributed by atoms with Gasteiger partial charge in [0.15, 0.2) is 0 Å². The van der Waals surface area contributed by atoms with E-state index in [1.165, 1.54) is 43.8 Å². The highest BCUT2D eigenvalue weighted by Crippen LogP contribution is 2.27. The zero-order valence-electron chi connectivity index (χ0n) is 12.5. The molecular weight excluding hydrogens is 252 g/mol. The second-order valence-corrected chi connectivity index (χ2v) is 6.01. The lowest BCUT2D eigenvalue weighted by molar-refractivity contribution is 1.36. The molecule has 102 valence electrons. The van der Waals surface area contributed by atoms with Crippen LogP contribution in [0, 0.1) is 0 Å². The van der Waals surface area contributed by atoms with Gasteiger partial charge in [0.05, 0.1) is 0 Å². The van der Waals surface area contributed by atoms with E-state index < -0.39 is 0 Å². The van der Waals surface area contributed by atoms with Crippen molar-refractivity contribution in [2.75, 3.05) is 0 Å². The summed E-state index contributed by atoms with van der Waals surface area (Å²) in [5, 5.41) is 2.81. The number of hydrogen-bond acceptors (Lipinski definition) is 0. The molecule has 0 saturated heterocycles. The summed E-state index contributed by atoms with van der Waals surface area (Å²) in [5.74, 6) is 0. The van der Waals surface area contributed by atoms with Crippen LogP contribution in [0.15, 0.2) is 54.6 Å². The molecule has 2 aromatic rings. The summed E-state index contributed by atoms with van der Waals surface area (Å²) in [6.45, 7) is 4.44. The highest BCUT2D eigenvalue weighted by atomic mass is 14.2. The third kappa shape index (κ3) is 1.83. The Morgan fingerprint density at radius 2 is 1.71 bits per heavy atom. The summed E-state index contributed by atoms with van der Waals surface area (Å²) in [7, 11) is 0. The number of allylic oxidation sites excluding steroid dienone is 4. The Kier molecular flexibility index (Phi) is 2.71. The maximum atomic E-state index is 2.35. The van der Waals surface area contributed by atoms with Crippen LogP contribution in [0.1, 0.15) is 31.4 Å². The summed E-state index contributed by atoms with van der Waals surface area (Å²) in [5.41, 5.74) is 8.28. The molecule has 2 aliphatic carbocycles. The minimum atomic E-state index is 1.05. The second kappa shape index (κ2) is 4.60. The lowest BCUT2D eigenvalue weighted by Gasteiger charge is -2.09. The average molecular weight is 270 g/mol. The van der Waals surface area contributed by atoms with Crippen molar-refractivity contribution >= 4 is 17.2 Å². The summed E-state index contributed by atoms with van der Waals surface area (Å²) in [6.07, 6.45) is 10.0. The van der Waals surface area contributed by atoms with Gasteiger partial charge in [-0.3, -0.25) is 0 Å². The van der Waals surface area contributed by atoms with Crippen molar-refractivity contribution in [3.05, 3.63) is 76.2 Å². The van der Waals surface area contributed by atoms with Gasteiger partial charge >= 0.3 is 0 Å². The van der Waals surface area contributed by atoms with Crippen LogP contribution in [0.3, 0.4) is 0 Å². The Morgan fingerprint density at radius 1 is 0.905 bits per heavy atom. The van der Waals surface area contributed by atoms with Crippen LogP contribution in [0.2, 0.25) is 0 Å². The van der Waals surface area contributed by atoms with Crippen LogP contribution in [-0.2, 0) is 0 Å². The second-order valence-electron chi connectivity index (χ2n) is 6.01. The Bertz CT molecular complexity index is 917. The topological polar surface area (TPSA) is 0 Å². The zero-order chi connectivity index (χ0) is 14.4. The maximum absolute atomic E-state index is 2.35. The summed E-state index contributed by atoms with van der Waals surface area (Å²) in [6, 6.07) is 13.3. The molecule has 4 rings (SSSR count). The van der Waals surface area contributed by atoms with Crippen molar-refractivity contribution in [3.8, 4) is 11.1 Å². The van der Waals surface area contributed by atoms with Crippen LogP contribution in [0.5, 0.6) is 0 Å². The van der Waals surface area contributed by atoms with Gasteiger partial charge < -0.3 is 0 Å². The van der Waals surface area contributed by atoms with Gasteiger partial charge in [-0.1, -0.05) is 60.2 Å². The third-order valence-electron chi connectivity index (χ3n) is 4.41.